The van der Waals surface area contributed by atoms with Gasteiger partial charge in [0.2, 0.25) is 6.41 Å². The van der Waals surface area contributed by atoms with E-state index in [4.69, 9.17) is 0 Å². The van der Waals surface area contributed by atoms with Crippen molar-refractivity contribution in [2.75, 3.05) is 7.05 Å². The van der Waals surface area contributed by atoms with E-state index in [0.717, 1.165) is 12.8 Å². The molecule has 1 atom stereocenters. The van der Waals surface area contributed by atoms with Crippen molar-refractivity contribution in [2.24, 2.45) is 0 Å². The Labute approximate surface area is 107 Å². The molecule has 98 valence electrons. The zero-order chi connectivity index (χ0) is 13.8. The van der Waals surface area contributed by atoms with Crippen LogP contribution in [0.1, 0.15) is 31.4 Å². The lowest BCUT2D eigenvalue weighted by Gasteiger charge is -2.32. The molecule has 0 saturated heterocycles. The van der Waals surface area contributed by atoms with E-state index in [-0.39, 0.29) is 0 Å². The highest BCUT2D eigenvalue weighted by Gasteiger charge is 2.39. The van der Waals surface area contributed by atoms with Crippen molar-refractivity contribution in [3.63, 3.8) is 0 Å². The van der Waals surface area contributed by atoms with E-state index in [2.05, 4.69) is 6.92 Å². The van der Waals surface area contributed by atoms with Crippen molar-refractivity contribution in [1.82, 2.24) is 4.90 Å². The number of rotatable bonds is 6. The van der Waals surface area contributed by atoms with Gasteiger partial charge >= 0.3 is 5.97 Å². The van der Waals surface area contributed by atoms with Gasteiger partial charge in [-0.25, -0.2) is 4.79 Å². The highest BCUT2D eigenvalue weighted by atomic mass is 16.4. The van der Waals surface area contributed by atoms with Crippen LogP contribution in [-0.2, 0) is 21.5 Å². The number of hydrogen-bond donors (Lipinski definition) is 1. The Kier molecular flexibility index (Phi) is 4.48. The van der Waals surface area contributed by atoms with Crippen LogP contribution in [-0.4, -0.2) is 29.4 Å². The van der Waals surface area contributed by atoms with Crippen LogP contribution in [0.15, 0.2) is 24.3 Å². The molecule has 0 aliphatic rings. The van der Waals surface area contributed by atoms with Crippen molar-refractivity contribution in [1.29, 1.82) is 0 Å². The van der Waals surface area contributed by atoms with Gasteiger partial charge in [0.05, 0.1) is 0 Å². The Hall–Kier alpha value is -1.84. The lowest BCUT2D eigenvalue weighted by atomic mass is 9.90. The first-order chi connectivity index (χ1) is 8.46. The van der Waals surface area contributed by atoms with Crippen LogP contribution in [0.4, 0.5) is 0 Å². The van der Waals surface area contributed by atoms with Crippen LogP contribution in [0.25, 0.3) is 0 Å². The highest BCUT2D eigenvalue weighted by Crippen LogP contribution is 2.27. The maximum absolute atomic E-state index is 11.4. The van der Waals surface area contributed by atoms with Crippen LogP contribution < -0.4 is 0 Å². The van der Waals surface area contributed by atoms with Crippen LogP contribution in [0.5, 0.6) is 0 Å². The van der Waals surface area contributed by atoms with E-state index in [0.29, 0.717) is 12.0 Å². The summed E-state index contributed by atoms with van der Waals surface area (Å²) < 4.78 is 0. The van der Waals surface area contributed by atoms with Crippen LogP contribution >= 0.6 is 0 Å². The standard InChI is InChI=1S/C14H19NO3/c1-4-5-11-6-8-12(9-7-11)14(2,13(17)18)15(3)10-16/h6-10H,4-5H2,1-3H3,(H,17,18). The first-order valence-electron chi connectivity index (χ1n) is 5.97. The Morgan fingerprint density at radius 1 is 1.39 bits per heavy atom. The summed E-state index contributed by atoms with van der Waals surface area (Å²) in [5, 5.41) is 9.36. The van der Waals surface area contributed by atoms with Crippen molar-refractivity contribution in [2.45, 2.75) is 32.2 Å². The molecule has 4 nitrogen and oxygen atoms in total. The minimum absolute atomic E-state index is 0.536. The first-order valence-corrected chi connectivity index (χ1v) is 5.97. The molecule has 1 rings (SSSR count). The molecule has 1 amide bonds. The maximum atomic E-state index is 11.4. The number of carbonyl (C=O) groups excluding carboxylic acids is 1. The molecule has 0 aliphatic heterocycles. The zero-order valence-corrected chi connectivity index (χ0v) is 11.0. The lowest BCUT2D eigenvalue weighted by Crippen LogP contribution is -2.47. The average Bonchev–Trinajstić information content (AvgIpc) is 2.37. The SMILES string of the molecule is CCCc1ccc(C(C)(C(=O)O)N(C)C=O)cc1. The third-order valence-electron chi connectivity index (χ3n) is 3.33. The fraction of sp³-hybridized carbons (Fsp3) is 0.429. The van der Waals surface area contributed by atoms with Crippen LogP contribution in [0.3, 0.4) is 0 Å². The monoisotopic (exact) mass is 249 g/mol. The Balaban J connectivity index is 3.14. The summed E-state index contributed by atoms with van der Waals surface area (Å²) in [6.45, 7) is 3.62. The highest BCUT2D eigenvalue weighted by molar-refractivity contribution is 5.82. The number of carboxylic acids is 1. The Morgan fingerprint density at radius 2 is 1.94 bits per heavy atom. The molecule has 18 heavy (non-hydrogen) atoms. The second kappa shape index (κ2) is 5.67. The van der Waals surface area contributed by atoms with Gasteiger partial charge in [0.15, 0.2) is 5.54 Å². The number of carbonyl (C=O) groups is 2. The topological polar surface area (TPSA) is 57.6 Å². The summed E-state index contributed by atoms with van der Waals surface area (Å²) in [6, 6.07) is 7.38. The molecule has 0 radical (unpaired) electrons. The van der Waals surface area contributed by atoms with E-state index in [1.807, 2.05) is 12.1 Å². The molecule has 1 aromatic rings. The fourth-order valence-electron chi connectivity index (χ4n) is 1.87. The number of nitrogens with zero attached hydrogens (tertiary/aromatic N) is 1. The summed E-state index contributed by atoms with van der Waals surface area (Å²) in [4.78, 5) is 23.5. The molecule has 1 unspecified atom stereocenters. The Morgan fingerprint density at radius 3 is 2.33 bits per heavy atom. The predicted octanol–water partition coefficient (Wildman–Crippen LogP) is 2.03. The molecule has 1 N–H and O–H groups in total. The summed E-state index contributed by atoms with van der Waals surface area (Å²) >= 11 is 0. The number of carboxylic acid groups (broad SMARTS) is 1. The fourth-order valence-corrected chi connectivity index (χ4v) is 1.87. The van der Waals surface area contributed by atoms with Crippen LogP contribution in [0.2, 0.25) is 0 Å². The zero-order valence-electron chi connectivity index (χ0n) is 11.0. The minimum atomic E-state index is -1.33. The molecule has 0 bridgehead atoms. The van der Waals surface area contributed by atoms with Crippen molar-refractivity contribution >= 4 is 12.4 Å². The number of aliphatic carboxylic acids is 1. The van der Waals surface area contributed by atoms with Gasteiger partial charge in [-0.2, -0.15) is 0 Å². The second-order valence-electron chi connectivity index (χ2n) is 4.54. The van der Waals surface area contributed by atoms with Gasteiger partial charge in [0.25, 0.3) is 0 Å². The number of benzene rings is 1. The summed E-state index contributed by atoms with van der Waals surface area (Å²) in [5.41, 5.74) is 0.444. The molecular formula is C14H19NO3. The molecule has 4 heteroatoms. The van der Waals surface area contributed by atoms with Crippen molar-refractivity contribution < 1.29 is 14.7 Å². The first kappa shape index (κ1) is 14.2. The maximum Gasteiger partial charge on any atom is 0.334 e. The smallest absolute Gasteiger partial charge is 0.334 e. The summed E-state index contributed by atoms with van der Waals surface area (Å²) in [7, 11) is 1.47. The van der Waals surface area contributed by atoms with Crippen molar-refractivity contribution in [3.05, 3.63) is 35.4 Å². The summed E-state index contributed by atoms with van der Waals surface area (Å²) in [6.07, 6.45) is 2.55. The summed E-state index contributed by atoms with van der Waals surface area (Å²) in [5.74, 6) is -1.04. The lowest BCUT2D eigenvalue weighted by molar-refractivity contribution is -0.153. The van der Waals surface area contributed by atoms with Gasteiger partial charge < -0.3 is 10.0 Å². The van der Waals surface area contributed by atoms with Crippen molar-refractivity contribution in [3.8, 4) is 0 Å². The molecule has 0 aromatic heterocycles. The quantitative estimate of drug-likeness (QED) is 0.785. The number of amides is 1. The largest absolute Gasteiger partial charge is 0.479 e. The number of likely N-dealkylation sites (N-methyl/N-ethyl adjacent to an activating group) is 1. The molecule has 1 aromatic carbocycles. The molecule has 0 saturated carbocycles. The third kappa shape index (κ3) is 2.53. The molecule has 0 spiro atoms. The second-order valence-corrected chi connectivity index (χ2v) is 4.54. The van der Waals surface area contributed by atoms with Gasteiger partial charge in [-0.15, -0.1) is 0 Å². The molecule has 0 heterocycles. The molecular weight excluding hydrogens is 230 g/mol. The Bertz CT molecular complexity index is 427. The van der Waals surface area contributed by atoms with E-state index in [9.17, 15) is 14.7 Å². The van der Waals surface area contributed by atoms with E-state index in [1.54, 1.807) is 12.1 Å². The normalized spacial score (nSPS) is 13.7. The van der Waals surface area contributed by atoms with Crippen LogP contribution in [0, 0.1) is 0 Å². The van der Waals surface area contributed by atoms with E-state index < -0.39 is 11.5 Å². The predicted molar refractivity (Wildman–Crippen MR) is 69.3 cm³/mol. The minimum Gasteiger partial charge on any atom is -0.479 e. The average molecular weight is 249 g/mol. The van der Waals surface area contributed by atoms with Gasteiger partial charge in [-0.05, 0) is 24.5 Å². The number of hydrogen-bond acceptors (Lipinski definition) is 2. The van der Waals surface area contributed by atoms with Gasteiger partial charge in [-0.1, -0.05) is 37.6 Å². The third-order valence-corrected chi connectivity index (χ3v) is 3.33. The van der Waals surface area contributed by atoms with Gasteiger partial charge in [0.1, 0.15) is 0 Å². The molecule has 0 fully saturated rings. The molecule has 0 aliphatic carbocycles. The van der Waals surface area contributed by atoms with E-state index >= 15 is 0 Å². The number of aryl methyl sites for hydroxylation is 1. The van der Waals surface area contributed by atoms with E-state index in [1.165, 1.54) is 24.4 Å². The van der Waals surface area contributed by atoms with Gasteiger partial charge in [0, 0.05) is 7.05 Å². The van der Waals surface area contributed by atoms with Gasteiger partial charge in [-0.3, -0.25) is 4.79 Å².